The van der Waals surface area contributed by atoms with Crippen molar-refractivity contribution in [2.75, 3.05) is 20.1 Å². The highest BCUT2D eigenvalue weighted by molar-refractivity contribution is 4.47. The molecule has 0 aromatic carbocycles. The third kappa shape index (κ3) is 16.2. The van der Waals surface area contributed by atoms with Crippen molar-refractivity contribution in [3.8, 4) is 0 Å². The lowest BCUT2D eigenvalue weighted by atomic mass is 10.1. The Morgan fingerprint density at radius 2 is 1.05 bits per heavy atom. The number of quaternary nitrogens is 1. The molecule has 0 aliphatic rings. The van der Waals surface area contributed by atoms with E-state index in [4.69, 9.17) is 0 Å². The molecule has 0 amide bonds. The van der Waals surface area contributed by atoms with Crippen molar-refractivity contribution in [3.05, 3.63) is 0 Å². The molecule has 0 heterocycles. The molecule has 2 nitrogen and oxygen atoms in total. The highest BCUT2D eigenvalue weighted by Crippen LogP contribution is 2.11. The van der Waals surface area contributed by atoms with Gasteiger partial charge in [0.05, 0.1) is 7.05 Å². The van der Waals surface area contributed by atoms with E-state index in [9.17, 15) is 5.21 Å². The number of halogens is 1. The first kappa shape index (κ1) is 21.5. The zero-order valence-corrected chi connectivity index (χ0v) is 14.2. The Morgan fingerprint density at radius 1 is 0.684 bits per heavy atom. The van der Waals surface area contributed by atoms with Crippen LogP contribution in [0.15, 0.2) is 0 Å². The maximum atomic E-state index is 9.80. The van der Waals surface area contributed by atoms with Gasteiger partial charge in [-0.25, -0.2) is 5.21 Å². The Morgan fingerprint density at radius 3 is 1.42 bits per heavy atom. The van der Waals surface area contributed by atoms with E-state index >= 15 is 0 Å². The highest BCUT2D eigenvalue weighted by Gasteiger charge is 2.13. The van der Waals surface area contributed by atoms with E-state index < -0.39 is 0 Å². The second kappa shape index (κ2) is 14.6. The van der Waals surface area contributed by atoms with E-state index in [2.05, 4.69) is 6.92 Å². The minimum Gasteiger partial charge on any atom is -1.00 e. The Labute approximate surface area is 127 Å². The summed E-state index contributed by atoms with van der Waals surface area (Å²) in [6.07, 6.45) is 15.1. The molecule has 1 N–H and O–H groups in total. The van der Waals surface area contributed by atoms with Gasteiger partial charge in [-0.1, -0.05) is 64.7 Å². The second-order valence-electron chi connectivity index (χ2n) is 5.91. The average Bonchev–Trinajstić information content (AvgIpc) is 2.36. The van der Waals surface area contributed by atoms with E-state index in [1.165, 1.54) is 64.2 Å². The van der Waals surface area contributed by atoms with Crippen LogP contribution < -0.4 is 12.4 Å². The number of nitrogens with zero attached hydrogens (tertiary/aromatic N) is 1. The van der Waals surface area contributed by atoms with Crippen LogP contribution in [0.25, 0.3) is 0 Å². The summed E-state index contributed by atoms with van der Waals surface area (Å²) < 4.78 is 0.192. The van der Waals surface area contributed by atoms with Crippen molar-refractivity contribution in [2.45, 2.75) is 84.5 Å². The summed E-state index contributed by atoms with van der Waals surface area (Å²) in [6.45, 7) is 6.04. The van der Waals surface area contributed by atoms with Gasteiger partial charge in [-0.05, 0) is 19.8 Å². The molecule has 0 fully saturated rings. The molecule has 0 rings (SSSR count). The molecule has 0 aliphatic carbocycles. The molecule has 0 aromatic heterocycles. The molecule has 1 atom stereocenters. The standard InChI is InChI=1S/C16H36NO.ClH/c1-4-6-7-8-9-10-11-12-13-14-15-16-17(3,18)5-2;/h18H,4-16H2,1-3H3;1H/q+1;/p-1. The van der Waals surface area contributed by atoms with Gasteiger partial charge < -0.3 is 12.4 Å². The smallest absolute Gasteiger partial charge is 0.108 e. The van der Waals surface area contributed by atoms with E-state index in [0.29, 0.717) is 0 Å². The Bertz CT molecular complexity index is 174. The fourth-order valence-electron chi connectivity index (χ4n) is 2.27. The Balaban J connectivity index is 0. The van der Waals surface area contributed by atoms with E-state index in [-0.39, 0.29) is 17.1 Å². The molecule has 118 valence electrons. The molecule has 0 saturated carbocycles. The van der Waals surface area contributed by atoms with Gasteiger partial charge in [0.1, 0.15) is 13.1 Å². The summed E-state index contributed by atoms with van der Waals surface area (Å²) in [7, 11) is 1.90. The monoisotopic (exact) mass is 293 g/mol. The second-order valence-corrected chi connectivity index (χ2v) is 5.91. The molecule has 0 saturated heterocycles. The van der Waals surface area contributed by atoms with Crippen molar-refractivity contribution in [1.82, 2.24) is 0 Å². The zero-order valence-electron chi connectivity index (χ0n) is 13.5. The molecular formula is C16H36ClNO. The largest absolute Gasteiger partial charge is 1.00 e. The SMILES string of the molecule is CCCCCCCCCCCCC[N+](C)(O)CC.[Cl-]. The van der Waals surface area contributed by atoms with Gasteiger partial charge in [0.2, 0.25) is 0 Å². The quantitative estimate of drug-likeness (QED) is 0.313. The van der Waals surface area contributed by atoms with Crippen molar-refractivity contribution < 1.29 is 22.3 Å². The number of hydroxylamine groups is 3. The lowest BCUT2D eigenvalue weighted by molar-refractivity contribution is -1.09. The maximum absolute atomic E-state index is 9.80. The summed E-state index contributed by atoms with van der Waals surface area (Å²) in [5, 5.41) is 9.80. The molecule has 0 aliphatic heterocycles. The normalized spacial score (nSPS) is 13.9. The van der Waals surface area contributed by atoms with Gasteiger partial charge >= 0.3 is 0 Å². The van der Waals surface area contributed by atoms with Gasteiger partial charge in [0.25, 0.3) is 0 Å². The first-order chi connectivity index (χ1) is 8.62. The Hall–Kier alpha value is 0.210. The van der Waals surface area contributed by atoms with Crippen molar-refractivity contribution >= 4 is 0 Å². The van der Waals surface area contributed by atoms with Gasteiger partial charge in [0, 0.05) is 0 Å². The Kier molecular flexibility index (Phi) is 16.5. The molecule has 1 unspecified atom stereocenters. The number of hydrogen-bond acceptors (Lipinski definition) is 1. The summed E-state index contributed by atoms with van der Waals surface area (Å²) in [5.41, 5.74) is 0. The number of rotatable bonds is 13. The fourth-order valence-corrected chi connectivity index (χ4v) is 2.27. The van der Waals surface area contributed by atoms with Crippen LogP contribution in [0.2, 0.25) is 0 Å². The van der Waals surface area contributed by atoms with Crippen molar-refractivity contribution in [1.29, 1.82) is 0 Å². The molecule has 0 spiro atoms. The number of hydrogen-bond donors (Lipinski definition) is 1. The van der Waals surface area contributed by atoms with Crippen molar-refractivity contribution in [3.63, 3.8) is 0 Å². The molecule has 0 aromatic rings. The van der Waals surface area contributed by atoms with Gasteiger partial charge in [-0.15, -0.1) is 0 Å². The van der Waals surface area contributed by atoms with Gasteiger partial charge in [0.15, 0.2) is 0 Å². The highest BCUT2D eigenvalue weighted by atomic mass is 35.5. The number of unbranched alkanes of at least 4 members (excludes halogenated alkanes) is 10. The summed E-state index contributed by atoms with van der Waals surface area (Å²) >= 11 is 0. The lowest BCUT2D eigenvalue weighted by Gasteiger charge is -2.23. The van der Waals surface area contributed by atoms with Crippen LogP contribution in [0.3, 0.4) is 0 Å². The lowest BCUT2D eigenvalue weighted by Crippen LogP contribution is -3.00. The predicted molar refractivity (Wildman–Crippen MR) is 79.8 cm³/mol. The minimum absolute atomic E-state index is 0. The van der Waals surface area contributed by atoms with E-state index in [1.54, 1.807) is 0 Å². The maximum Gasteiger partial charge on any atom is 0.108 e. The minimum atomic E-state index is 0. The fraction of sp³-hybridized carbons (Fsp3) is 1.00. The van der Waals surface area contributed by atoms with Crippen molar-refractivity contribution in [2.24, 2.45) is 0 Å². The van der Waals surface area contributed by atoms with Crippen LogP contribution in [0.4, 0.5) is 0 Å². The van der Waals surface area contributed by atoms with Crippen LogP contribution in [-0.4, -0.2) is 30.0 Å². The third-order valence-corrected chi connectivity index (χ3v) is 3.92. The van der Waals surface area contributed by atoms with Crippen LogP contribution >= 0.6 is 0 Å². The summed E-state index contributed by atoms with van der Waals surface area (Å²) in [5.74, 6) is 0. The van der Waals surface area contributed by atoms with Crippen LogP contribution in [0, 0.1) is 0 Å². The topological polar surface area (TPSA) is 20.2 Å². The van der Waals surface area contributed by atoms with Gasteiger partial charge in [-0.3, -0.25) is 0 Å². The molecule has 0 bridgehead atoms. The average molecular weight is 294 g/mol. The first-order valence-electron chi connectivity index (χ1n) is 8.19. The molecular weight excluding hydrogens is 258 g/mol. The summed E-state index contributed by atoms with van der Waals surface area (Å²) in [6, 6.07) is 0. The molecule has 3 heteroatoms. The molecule has 0 radical (unpaired) electrons. The zero-order chi connectivity index (χ0) is 13.7. The van der Waals surface area contributed by atoms with Crippen LogP contribution in [0.5, 0.6) is 0 Å². The first-order valence-corrected chi connectivity index (χ1v) is 8.19. The van der Waals surface area contributed by atoms with E-state index in [0.717, 1.165) is 19.5 Å². The molecule has 19 heavy (non-hydrogen) atoms. The van der Waals surface area contributed by atoms with Crippen LogP contribution in [-0.2, 0) is 0 Å². The third-order valence-electron chi connectivity index (χ3n) is 3.92. The predicted octanol–water partition coefficient (Wildman–Crippen LogP) is 2.16. The van der Waals surface area contributed by atoms with E-state index in [1.807, 2.05) is 14.0 Å². The van der Waals surface area contributed by atoms with Crippen LogP contribution in [0.1, 0.15) is 84.5 Å². The van der Waals surface area contributed by atoms with Gasteiger partial charge in [-0.2, -0.15) is 4.65 Å². The summed E-state index contributed by atoms with van der Waals surface area (Å²) in [4.78, 5) is 0.